The number of H-pyrrole nitrogens is 1. The fourth-order valence-corrected chi connectivity index (χ4v) is 3.82. The Balaban J connectivity index is 1.58. The van der Waals surface area contributed by atoms with Gasteiger partial charge in [0, 0.05) is 31.8 Å². The van der Waals surface area contributed by atoms with Crippen LogP contribution in [0, 0.1) is 11.3 Å². The Bertz CT molecular complexity index is 1550. The summed E-state index contributed by atoms with van der Waals surface area (Å²) in [6.45, 7) is 0. The molecule has 0 saturated carbocycles. The van der Waals surface area contributed by atoms with Crippen molar-refractivity contribution in [1.29, 1.82) is 5.26 Å². The maximum atomic E-state index is 12.9. The minimum atomic E-state index is -0.307. The SMILES string of the molecule is COc1c(Nc2cc(Nc3cc(C#N)ncn3)nc3[nH]n(C)c(=O)c23)cccc1C1N=CN(C)N1. The summed E-state index contributed by atoms with van der Waals surface area (Å²) in [4.78, 5) is 29.8. The summed E-state index contributed by atoms with van der Waals surface area (Å²) >= 11 is 0. The lowest BCUT2D eigenvalue weighted by atomic mass is 10.1. The molecule has 1 atom stereocenters. The smallest absolute Gasteiger partial charge is 0.277 e. The molecule has 13 nitrogen and oxygen atoms in total. The molecule has 0 aliphatic carbocycles. The second kappa shape index (κ2) is 8.76. The Kier molecular flexibility index (Phi) is 5.47. The van der Waals surface area contributed by atoms with Crippen LogP contribution in [0.1, 0.15) is 17.4 Å². The molecule has 0 spiro atoms. The Morgan fingerprint density at radius 1 is 1.14 bits per heavy atom. The number of rotatable bonds is 6. The highest BCUT2D eigenvalue weighted by molar-refractivity contribution is 5.93. The summed E-state index contributed by atoms with van der Waals surface area (Å²) in [5.74, 6) is 1.38. The molecule has 4 aromatic rings. The zero-order chi connectivity index (χ0) is 24.5. The molecule has 0 saturated heterocycles. The molecule has 0 bridgehead atoms. The Hall–Kier alpha value is -4.96. The number of benzene rings is 1. The number of para-hydroxylation sites is 1. The molecule has 0 amide bonds. The lowest BCUT2D eigenvalue weighted by molar-refractivity contribution is 0.346. The van der Waals surface area contributed by atoms with E-state index in [2.05, 4.69) is 41.1 Å². The molecule has 1 aliphatic rings. The van der Waals surface area contributed by atoms with Gasteiger partial charge in [0.05, 0.1) is 18.5 Å². The van der Waals surface area contributed by atoms with E-state index in [0.29, 0.717) is 39.8 Å². The topological polar surface area (TPSA) is 161 Å². The molecule has 1 aromatic carbocycles. The van der Waals surface area contributed by atoms with Crippen LogP contribution in [0.25, 0.3) is 11.0 Å². The van der Waals surface area contributed by atoms with E-state index >= 15 is 0 Å². The van der Waals surface area contributed by atoms with Crippen molar-refractivity contribution >= 4 is 40.4 Å². The van der Waals surface area contributed by atoms with Gasteiger partial charge in [-0.15, -0.1) is 0 Å². The number of fused-ring (bicyclic) bond motifs is 1. The van der Waals surface area contributed by atoms with Gasteiger partial charge in [0.1, 0.15) is 53.4 Å². The molecule has 1 unspecified atom stereocenters. The van der Waals surface area contributed by atoms with E-state index in [4.69, 9.17) is 10.00 Å². The molecule has 3 aromatic heterocycles. The minimum absolute atomic E-state index is 0.213. The van der Waals surface area contributed by atoms with Crippen LogP contribution in [-0.2, 0) is 7.05 Å². The van der Waals surface area contributed by atoms with Crippen LogP contribution >= 0.6 is 0 Å². The van der Waals surface area contributed by atoms with E-state index in [1.165, 1.54) is 17.1 Å². The van der Waals surface area contributed by atoms with Crippen LogP contribution in [0.5, 0.6) is 5.75 Å². The number of hydrogen-bond donors (Lipinski definition) is 4. The van der Waals surface area contributed by atoms with Crippen molar-refractivity contribution in [3.05, 3.63) is 58.3 Å². The number of aromatic nitrogens is 5. The number of pyridine rings is 1. The number of aryl methyl sites for hydroxylation is 1. The zero-order valence-electron chi connectivity index (χ0n) is 19.1. The molecule has 5 rings (SSSR count). The molecule has 0 fully saturated rings. The fourth-order valence-electron chi connectivity index (χ4n) is 3.82. The molecular formula is C22H21N11O2. The van der Waals surface area contributed by atoms with E-state index in [0.717, 1.165) is 5.56 Å². The number of methoxy groups -OCH3 is 1. The highest BCUT2D eigenvalue weighted by Crippen LogP contribution is 2.37. The van der Waals surface area contributed by atoms with Gasteiger partial charge in [0.2, 0.25) is 0 Å². The second-order valence-corrected chi connectivity index (χ2v) is 7.74. The average molecular weight is 471 g/mol. The normalized spacial score (nSPS) is 14.8. The van der Waals surface area contributed by atoms with E-state index in [1.54, 1.807) is 31.6 Å². The number of nitrogens with one attached hydrogen (secondary N) is 4. The van der Waals surface area contributed by atoms with Gasteiger partial charge in [-0.1, -0.05) is 12.1 Å². The van der Waals surface area contributed by atoms with Crippen LogP contribution in [0.4, 0.5) is 23.0 Å². The summed E-state index contributed by atoms with van der Waals surface area (Å²) in [5, 5.41) is 20.6. The molecule has 4 N–H and O–H groups in total. The first-order valence-electron chi connectivity index (χ1n) is 10.5. The Morgan fingerprint density at radius 2 is 2.00 bits per heavy atom. The highest BCUT2D eigenvalue weighted by Gasteiger charge is 2.22. The van der Waals surface area contributed by atoms with E-state index in [-0.39, 0.29) is 17.4 Å². The Morgan fingerprint density at radius 3 is 2.74 bits per heavy atom. The zero-order valence-corrected chi connectivity index (χ0v) is 19.1. The summed E-state index contributed by atoms with van der Waals surface area (Å²) in [6, 6.07) is 10.8. The van der Waals surface area contributed by atoms with Crippen molar-refractivity contribution in [1.82, 2.24) is 35.2 Å². The van der Waals surface area contributed by atoms with Crippen LogP contribution in [-0.4, -0.2) is 50.2 Å². The van der Waals surface area contributed by atoms with Crippen LogP contribution in [0.3, 0.4) is 0 Å². The summed E-state index contributed by atoms with van der Waals surface area (Å²) in [5.41, 5.74) is 5.54. The first-order valence-corrected chi connectivity index (χ1v) is 10.5. The number of nitriles is 1. The second-order valence-electron chi connectivity index (χ2n) is 7.74. The molecule has 176 valence electrons. The van der Waals surface area contributed by atoms with Gasteiger partial charge in [0.15, 0.2) is 5.65 Å². The van der Waals surface area contributed by atoms with Crippen LogP contribution in [0.15, 0.2) is 46.4 Å². The van der Waals surface area contributed by atoms with Crippen molar-refractivity contribution in [2.45, 2.75) is 6.17 Å². The molecule has 13 heteroatoms. The van der Waals surface area contributed by atoms with Gasteiger partial charge in [-0.2, -0.15) is 5.26 Å². The molecule has 0 radical (unpaired) electrons. The van der Waals surface area contributed by atoms with Gasteiger partial charge in [0.25, 0.3) is 5.56 Å². The number of ether oxygens (including phenoxy) is 1. The van der Waals surface area contributed by atoms with Gasteiger partial charge in [-0.3, -0.25) is 19.6 Å². The lowest BCUT2D eigenvalue weighted by Gasteiger charge is -2.19. The fraction of sp³-hybridized carbons (Fsp3) is 0.182. The van der Waals surface area contributed by atoms with Gasteiger partial charge < -0.3 is 15.4 Å². The van der Waals surface area contributed by atoms with Crippen molar-refractivity contribution in [3.8, 4) is 11.8 Å². The van der Waals surface area contributed by atoms with E-state index in [1.807, 2.05) is 31.3 Å². The van der Waals surface area contributed by atoms with Crippen molar-refractivity contribution in [2.24, 2.45) is 12.0 Å². The number of aliphatic imine (C=N–C) groups is 1. The van der Waals surface area contributed by atoms with Gasteiger partial charge in [-0.05, 0) is 6.07 Å². The maximum absolute atomic E-state index is 12.9. The number of hydrogen-bond acceptors (Lipinski definition) is 11. The molecular weight excluding hydrogens is 450 g/mol. The molecule has 1 aliphatic heterocycles. The summed E-state index contributed by atoms with van der Waals surface area (Å²) in [6.07, 6.45) is 2.68. The minimum Gasteiger partial charge on any atom is -0.494 e. The summed E-state index contributed by atoms with van der Waals surface area (Å²) < 4.78 is 7.08. The third kappa shape index (κ3) is 4.09. The number of aromatic amines is 1. The highest BCUT2D eigenvalue weighted by atomic mass is 16.5. The van der Waals surface area contributed by atoms with E-state index in [9.17, 15) is 4.79 Å². The third-order valence-electron chi connectivity index (χ3n) is 5.38. The standard InChI is InChI=1S/C22H21N11O2/c1-32-11-26-20(30-32)13-5-4-6-14(19(13)35-3)27-15-8-17(28-16-7-12(9-23)24-10-25-16)29-21-18(15)22(34)33(2)31-21/h4-8,10-11,20,30H,1-3H3,(H3,24,25,27,28,29,31). The quantitative estimate of drug-likeness (QED) is 0.327. The van der Waals surface area contributed by atoms with E-state index < -0.39 is 0 Å². The summed E-state index contributed by atoms with van der Waals surface area (Å²) in [7, 11) is 5.06. The van der Waals surface area contributed by atoms with Crippen molar-refractivity contribution in [3.63, 3.8) is 0 Å². The first-order chi connectivity index (χ1) is 17.0. The average Bonchev–Trinajstić information content (AvgIpc) is 3.41. The van der Waals surface area contributed by atoms with Gasteiger partial charge >= 0.3 is 0 Å². The van der Waals surface area contributed by atoms with Crippen LogP contribution in [0.2, 0.25) is 0 Å². The van der Waals surface area contributed by atoms with Gasteiger partial charge in [-0.25, -0.2) is 25.4 Å². The molecule has 35 heavy (non-hydrogen) atoms. The Labute approximate surface area is 199 Å². The first kappa shape index (κ1) is 21.9. The monoisotopic (exact) mass is 471 g/mol. The lowest BCUT2D eigenvalue weighted by Crippen LogP contribution is -2.29. The number of anilines is 4. The third-order valence-corrected chi connectivity index (χ3v) is 5.38. The van der Waals surface area contributed by atoms with Crippen LogP contribution < -0.4 is 26.4 Å². The number of hydrazine groups is 1. The maximum Gasteiger partial charge on any atom is 0.277 e. The predicted octanol–water partition coefficient (Wildman–Crippen LogP) is 1.90. The van der Waals surface area contributed by atoms with Crippen molar-refractivity contribution in [2.75, 3.05) is 24.8 Å². The molecule has 4 heterocycles. The van der Waals surface area contributed by atoms with Crippen molar-refractivity contribution < 1.29 is 4.74 Å². The number of nitrogens with zero attached hydrogens (tertiary/aromatic N) is 7. The largest absolute Gasteiger partial charge is 0.494 e. The predicted molar refractivity (Wildman–Crippen MR) is 130 cm³/mol.